The second kappa shape index (κ2) is 4.20. The minimum atomic E-state index is -0.217. The highest BCUT2D eigenvalue weighted by molar-refractivity contribution is 5.78. The molecule has 0 aromatic carbocycles. The number of hydrogen-bond acceptors (Lipinski definition) is 6. The molecule has 0 fully saturated rings. The van der Waals surface area contributed by atoms with E-state index in [1.807, 2.05) is 0 Å². The molecule has 0 aliphatic heterocycles. The third kappa shape index (κ3) is 1.59. The van der Waals surface area contributed by atoms with Gasteiger partial charge in [-0.25, -0.2) is 14.3 Å². The van der Waals surface area contributed by atoms with E-state index < -0.39 is 0 Å². The predicted octanol–water partition coefficient (Wildman–Crippen LogP) is 0.267. The van der Waals surface area contributed by atoms with E-state index in [4.69, 9.17) is 0 Å². The highest BCUT2D eigenvalue weighted by Crippen LogP contribution is 2.11. The normalized spacial score (nSPS) is 11.6. The van der Waals surface area contributed by atoms with E-state index >= 15 is 0 Å². The molecule has 4 rings (SSSR count). The summed E-state index contributed by atoms with van der Waals surface area (Å²) in [7, 11) is 0. The fraction of sp³-hybridized carbons (Fsp3) is 0.231. The summed E-state index contributed by atoms with van der Waals surface area (Å²) in [6.45, 7) is 5.36. The Balaban J connectivity index is 2.10. The lowest BCUT2D eigenvalue weighted by atomic mass is 10.3. The first kappa shape index (κ1) is 12.6. The maximum absolute atomic E-state index is 12.8. The molecule has 0 aliphatic rings. The first-order valence-corrected chi connectivity index (χ1v) is 6.69. The lowest BCUT2D eigenvalue weighted by Gasteiger charge is -2.10. The number of aryl methyl sites for hydroxylation is 3. The van der Waals surface area contributed by atoms with Gasteiger partial charge in [0.25, 0.3) is 11.3 Å². The van der Waals surface area contributed by atoms with Crippen molar-refractivity contribution < 1.29 is 0 Å². The Morgan fingerprint density at radius 3 is 2.55 bits per heavy atom. The molecule has 0 unspecified atom stereocenters. The van der Waals surface area contributed by atoms with E-state index in [2.05, 4.69) is 25.3 Å². The van der Waals surface area contributed by atoms with Gasteiger partial charge in [-0.05, 0) is 26.8 Å². The average Bonchev–Trinajstić information content (AvgIpc) is 3.02. The van der Waals surface area contributed by atoms with Crippen LogP contribution in [0.1, 0.15) is 17.5 Å². The number of rotatable bonds is 1. The van der Waals surface area contributed by atoms with E-state index in [-0.39, 0.29) is 5.56 Å². The van der Waals surface area contributed by atoms with E-state index in [0.717, 1.165) is 0 Å². The van der Waals surface area contributed by atoms with Gasteiger partial charge in [-0.3, -0.25) is 4.79 Å². The van der Waals surface area contributed by atoms with Crippen molar-refractivity contribution >= 4 is 16.7 Å². The lowest BCUT2D eigenvalue weighted by Crippen LogP contribution is -2.27. The van der Waals surface area contributed by atoms with Crippen molar-refractivity contribution in [3.05, 3.63) is 46.3 Å². The summed E-state index contributed by atoms with van der Waals surface area (Å²) >= 11 is 0. The van der Waals surface area contributed by atoms with Gasteiger partial charge in [-0.15, -0.1) is 15.3 Å². The molecular formula is C13H12N8O. The van der Waals surface area contributed by atoms with Gasteiger partial charge in [0.05, 0.1) is 10.9 Å². The number of aromatic nitrogens is 8. The molecule has 4 aromatic rings. The van der Waals surface area contributed by atoms with E-state index in [1.165, 1.54) is 10.9 Å². The molecule has 0 saturated heterocycles. The van der Waals surface area contributed by atoms with Crippen LogP contribution in [-0.2, 0) is 0 Å². The zero-order valence-electron chi connectivity index (χ0n) is 12.2. The van der Waals surface area contributed by atoms with Crippen molar-refractivity contribution in [1.82, 2.24) is 39.1 Å². The van der Waals surface area contributed by atoms with Crippen LogP contribution >= 0.6 is 0 Å². The molecule has 0 saturated carbocycles. The van der Waals surface area contributed by atoms with Crippen LogP contribution in [0.5, 0.6) is 0 Å². The Hall–Kier alpha value is -3.10. The maximum Gasteiger partial charge on any atom is 0.280 e. The van der Waals surface area contributed by atoms with Gasteiger partial charge in [0.1, 0.15) is 17.5 Å². The standard InChI is InChI=1S/C13H12N8O/c1-7-15-13-14-6-10-11(20(13)18-7)4-5-19(12(10)22)21-8(2)16-17-9(21)3/h4-6H,1-3H3. The third-order valence-corrected chi connectivity index (χ3v) is 3.49. The molecule has 0 bridgehead atoms. The predicted molar refractivity (Wildman–Crippen MR) is 77.6 cm³/mol. The number of hydrogen-bond donors (Lipinski definition) is 0. The molecule has 4 aromatic heterocycles. The van der Waals surface area contributed by atoms with Crippen molar-refractivity contribution in [2.24, 2.45) is 0 Å². The Morgan fingerprint density at radius 2 is 1.82 bits per heavy atom. The number of nitrogens with zero attached hydrogens (tertiary/aromatic N) is 8. The van der Waals surface area contributed by atoms with E-state index in [9.17, 15) is 4.79 Å². The molecular weight excluding hydrogens is 284 g/mol. The van der Waals surface area contributed by atoms with Crippen LogP contribution in [0.15, 0.2) is 23.3 Å². The molecule has 0 amide bonds. The molecule has 22 heavy (non-hydrogen) atoms. The molecule has 0 N–H and O–H groups in total. The fourth-order valence-electron chi connectivity index (χ4n) is 2.54. The van der Waals surface area contributed by atoms with Crippen LogP contribution in [0.3, 0.4) is 0 Å². The highest BCUT2D eigenvalue weighted by atomic mass is 16.1. The van der Waals surface area contributed by atoms with Gasteiger partial charge < -0.3 is 0 Å². The summed E-state index contributed by atoms with van der Waals surface area (Å²) in [5.74, 6) is 2.34. The van der Waals surface area contributed by atoms with Crippen LogP contribution in [0.4, 0.5) is 0 Å². The summed E-state index contributed by atoms with van der Waals surface area (Å²) in [4.78, 5) is 21.2. The van der Waals surface area contributed by atoms with Crippen molar-refractivity contribution in [2.75, 3.05) is 0 Å². The second-order valence-electron chi connectivity index (χ2n) is 5.00. The van der Waals surface area contributed by atoms with Crippen LogP contribution in [0.25, 0.3) is 16.7 Å². The number of fused-ring (bicyclic) bond motifs is 3. The van der Waals surface area contributed by atoms with Gasteiger partial charge in [-0.2, -0.15) is 9.50 Å². The van der Waals surface area contributed by atoms with Crippen LogP contribution in [-0.4, -0.2) is 39.1 Å². The van der Waals surface area contributed by atoms with Crippen molar-refractivity contribution in [3.8, 4) is 0 Å². The van der Waals surface area contributed by atoms with Gasteiger partial charge in [0, 0.05) is 12.4 Å². The van der Waals surface area contributed by atoms with E-state index in [1.54, 1.807) is 42.2 Å². The summed E-state index contributed by atoms with van der Waals surface area (Å²) in [5.41, 5.74) is 0.446. The molecule has 0 radical (unpaired) electrons. The monoisotopic (exact) mass is 296 g/mol. The molecule has 0 atom stereocenters. The zero-order chi connectivity index (χ0) is 15.4. The zero-order valence-corrected chi connectivity index (χ0v) is 12.2. The van der Waals surface area contributed by atoms with Crippen LogP contribution in [0.2, 0.25) is 0 Å². The summed E-state index contributed by atoms with van der Waals surface area (Å²) < 4.78 is 4.69. The van der Waals surface area contributed by atoms with Crippen molar-refractivity contribution in [1.29, 1.82) is 0 Å². The first-order valence-electron chi connectivity index (χ1n) is 6.69. The molecule has 4 heterocycles. The highest BCUT2D eigenvalue weighted by Gasteiger charge is 2.13. The second-order valence-corrected chi connectivity index (χ2v) is 5.00. The minimum absolute atomic E-state index is 0.217. The third-order valence-electron chi connectivity index (χ3n) is 3.49. The summed E-state index contributed by atoms with van der Waals surface area (Å²) in [6.07, 6.45) is 3.19. The van der Waals surface area contributed by atoms with E-state index in [0.29, 0.717) is 34.2 Å². The summed E-state index contributed by atoms with van der Waals surface area (Å²) in [6, 6.07) is 1.80. The smallest absolute Gasteiger partial charge is 0.267 e. The number of pyridine rings is 1. The Morgan fingerprint density at radius 1 is 1.09 bits per heavy atom. The Kier molecular flexibility index (Phi) is 2.41. The van der Waals surface area contributed by atoms with Gasteiger partial charge in [-0.1, -0.05) is 0 Å². The SMILES string of the molecule is Cc1nc2ncc3c(=O)n(-n4c(C)nnc4C)ccc3n2n1. The fourth-order valence-corrected chi connectivity index (χ4v) is 2.54. The van der Waals surface area contributed by atoms with Crippen LogP contribution < -0.4 is 5.56 Å². The van der Waals surface area contributed by atoms with Gasteiger partial charge in [0.15, 0.2) is 0 Å². The largest absolute Gasteiger partial charge is 0.280 e. The van der Waals surface area contributed by atoms with Gasteiger partial charge in [0.2, 0.25) is 0 Å². The molecule has 110 valence electrons. The Bertz CT molecular complexity index is 1070. The molecule has 9 nitrogen and oxygen atoms in total. The van der Waals surface area contributed by atoms with Crippen LogP contribution in [0, 0.1) is 20.8 Å². The van der Waals surface area contributed by atoms with Crippen molar-refractivity contribution in [2.45, 2.75) is 20.8 Å². The Labute approximate surface area is 123 Å². The van der Waals surface area contributed by atoms with Gasteiger partial charge >= 0.3 is 0 Å². The molecule has 9 heteroatoms. The van der Waals surface area contributed by atoms with Crippen molar-refractivity contribution in [3.63, 3.8) is 0 Å². The first-order chi connectivity index (χ1) is 10.6. The topological polar surface area (TPSA) is 95.8 Å². The molecule has 0 aliphatic carbocycles. The quantitative estimate of drug-likeness (QED) is 0.500. The average molecular weight is 296 g/mol. The maximum atomic E-state index is 12.8. The molecule has 0 spiro atoms. The minimum Gasteiger partial charge on any atom is -0.267 e. The lowest BCUT2D eigenvalue weighted by molar-refractivity contribution is 0.594. The summed E-state index contributed by atoms with van der Waals surface area (Å²) in [5, 5.41) is 12.7.